The lowest BCUT2D eigenvalue weighted by atomic mass is 9.42. The van der Waals surface area contributed by atoms with Gasteiger partial charge in [0.2, 0.25) is 12.1 Å². The van der Waals surface area contributed by atoms with Crippen LogP contribution in [-0.4, -0.2) is 87.0 Å². The molecule has 7 rings (SSSR count). The Morgan fingerprint density at radius 3 is 2.51 bits per heavy atom. The molecular formula is C29H40O10. The van der Waals surface area contributed by atoms with E-state index in [1.807, 2.05) is 13.8 Å². The first-order valence-electron chi connectivity index (χ1n) is 14.6. The van der Waals surface area contributed by atoms with Gasteiger partial charge in [-0.1, -0.05) is 6.92 Å². The number of hydrogen-bond donors (Lipinski definition) is 4. The highest BCUT2D eigenvalue weighted by molar-refractivity contribution is 5.86. The fraction of sp³-hybridized carbons (Fsp3) is 0.862. The quantitative estimate of drug-likeness (QED) is 0.224. The van der Waals surface area contributed by atoms with Gasteiger partial charge in [-0.3, -0.25) is 0 Å². The van der Waals surface area contributed by atoms with Crippen molar-refractivity contribution in [3.05, 3.63) is 11.6 Å². The third-order valence-corrected chi connectivity index (χ3v) is 12.3. The van der Waals surface area contributed by atoms with Crippen molar-refractivity contribution in [3.8, 4) is 0 Å². The van der Waals surface area contributed by atoms with Crippen LogP contribution in [0.15, 0.2) is 11.6 Å². The summed E-state index contributed by atoms with van der Waals surface area (Å²) in [4.78, 5) is 25.0. The summed E-state index contributed by atoms with van der Waals surface area (Å²) in [7, 11) is 0. The molecule has 10 nitrogen and oxygen atoms in total. The van der Waals surface area contributed by atoms with Gasteiger partial charge in [0.25, 0.3) is 0 Å². The van der Waals surface area contributed by atoms with Crippen molar-refractivity contribution in [2.75, 3.05) is 6.61 Å². The molecule has 4 aliphatic carbocycles. The van der Waals surface area contributed by atoms with Crippen LogP contribution in [0.4, 0.5) is 0 Å². The molecule has 10 heteroatoms. The van der Waals surface area contributed by atoms with Gasteiger partial charge < -0.3 is 44.2 Å². The Morgan fingerprint density at radius 1 is 1.00 bits per heavy atom. The summed E-state index contributed by atoms with van der Waals surface area (Å²) in [6.45, 7) is 3.78. The Kier molecular flexibility index (Phi) is 5.66. The summed E-state index contributed by atoms with van der Waals surface area (Å²) < 4.78 is 23.3. The van der Waals surface area contributed by atoms with Gasteiger partial charge in [0.1, 0.15) is 19.0 Å². The lowest BCUT2D eigenvalue weighted by Crippen LogP contribution is -2.71. The highest BCUT2D eigenvalue weighted by atomic mass is 16.8. The molecule has 3 heterocycles. The minimum absolute atomic E-state index is 0.0232. The Balaban J connectivity index is 1.20. The van der Waals surface area contributed by atoms with E-state index in [0.717, 1.165) is 19.1 Å². The van der Waals surface area contributed by atoms with E-state index in [-0.39, 0.29) is 43.0 Å². The fourth-order valence-corrected chi connectivity index (χ4v) is 10.2. The van der Waals surface area contributed by atoms with Crippen LogP contribution in [-0.2, 0) is 28.5 Å². The number of carbonyl (C=O) groups is 2. The zero-order chi connectivity index (χ0) is 27.6. The zero-order valence-electron chi connectivity index (χ0n) is 22.6. The van der Waals surface area contributed by atoms with Gasteiger partial charge in [-0.05, 0) is 76.0 Å². The number of cyclic esters (lactones) is 1. The molecule has 3 aliphatic heterocycles. The van der Waals surface area contributed by atoms with Gasteiger partial charge in [-0.25, -0.2) is 4.79 Å². The van der Waals surface area contributed by atoms with Crippen LogP contribution in [0.5, 0.6) is 0 Å². The van der Waals surface area contributed by atoms with Crippen molar-refractivity contribution < 1.29 is 49.0 Å². The average molecular weight is 549 g/mol. The first kappa shape index (κ1) is 26.5. The van der Waals surface area contributed by atoms with E-state index < -0.39 is 52.3 Å². The van der Waals surface area contributed by atoms with Crippen LogP contribution in [0.3, 0.4) is 0 Å². The first-order chi connectivity index (χ1) is 18.4. The van der Waals surface area contributed by atoms with Crippen LogP contribution in [0.2, 0.25) is 0 Å². The molecule has 0 aromatic heterocycles. The van der Waals surface area contributed by atoms with Crippen LogP contribution in [0, 0.1) is 28.6 Å². The van der Waals surface area contributed by atoms with Gasteiger partial charge >= 0.3 is 5.97 Å². The fourth-order valence-electron chi connectivity index (χ4n) is 10.2. The summed E-state index contributed by atoms with van der Waals surface area (Å²) in [5.41, 5.74) is -3.71. The second-order valence-corrected chi connectivity index (χ2v) is 13.7. The van der Waals surface area contributed by atoms with Crippen molar-refractivity contribution in [2.24, 2.45) is 28.6 Å². The van der Waals surface area contributed by atoms with Gasteiger partial charge in [0, 0.05) is 28.9 Å². The summed E-state index contributed by atoms with van der Waals surface area (Å²) in [5.74, 6) is -2.79. The highest BCUT2D eigenvalue weighted by Crippen LogP contribution is 2.71. The van der Waals surface area contributed by atoms with Crippen molar-refractivity contribution in [1.82, 2.24) is 0 Å². The molecule has 4 saturated carbocycles. The van der Waals surface area contributed by atoms with Gasteiger partial charge in [0.05, 0.1) is 29.5 Å². The lowest BCUT2D eigenvalue weighted by molar-refractivity contribution is -0.457. The molecule has 216 valence electrons. The van der Waals surface area contributed by atoms with Crippen molar-refractivity contribution in [3.63, 3.8) is 0 Å². The monoisotopic (exact) mass is 548 g/mol. The molecule has 6 fully saturated rings. The molecular weight excluding hydrogens is 508 g/mol. The summed E-state index contributed by atoms with van der Waals surface area (Å²) in [5, 5.41) is 46.4. The van der Waals surface area contributed by atoms with Crippen molar-refractivity contribution >= 4 is 12.3 Å². The number of rotatable bonds is 2. The van der Waals surface area contributed by atoms with Gasteiger partial charge in [-0.2, -0.15) is 0 Å². The number of aldehydes is 1. The Hall–Kier alpha value is -1.40. The Labute approximate surface area is 227 Å². The van der Waals surface area contributed by atoms with E-state index in [4.69, 9.17) is 18.9 Å². The number of ether oxygens (including phenoxy) is 4. The zero-order valence-corrected chi connectivity index (χ0v) is 22.6. The molecule has 0 spiro atoms. The third kappa shape index (κ3) is 3.22. The summed E-state index contributed by atoms with van der Waals surface area (Å²) >= 11 is 0. The van der Waals surface area contributed by atoms with E-state index in [2.05, 4.69) is 0 Å². The Bertz CT molecular complexity index is 1110. The SMILES string of the molecule is C[C@@H]1C[C@@H](O)[C@]2(O)OC3C[C@@]4(C=O)C(CCC5C4CC[C@]4(C)[C@@](O)(C6=CC(=O)OC6)CC[C@]54O)C[C@H]3OC2O1. The minimum atomic E-state index is -2.00. The third-order valence-electron chi connectivity index (χ3n) is 12.3. The number of carbonyl (C=O) groups excluding carboxylic acids is 2. The smallest absolute Gasteiger partial charge is 0.331 e. The number of esters is 1. The molecule has 0 bridgehead atoms. The van der Waals surface area contributed by atoms with Gasteiger partial charge in [0.15, 0.2) is 0 Å². The molecule has 13 atom stereocenters. The largest absolute Gasteiger partial charge is 0.458 e. The maximum Gasteiger partial charge on any atom is 0.331 e. The standard InChI is InChI=1S/C29H40O10/c1-15-9-22(31)29(35)24(37-15)38-20-10-16-3-4-19-18(26(16,14-30)12-21(20)39-29)5-6-25(2)27(33,7-8-28(19,25)34)17-11-23(32)36-13-17/h11,14-16,18-22,24,31,33-35H,3-10,12-13H2,1-2H3/t15-,16?,18?,19?,20-,21?,22-,24?,25-,26-,27+,28+,29+/m1/s1. The summed E-state index contributed by atoms with van der Waals surface area (Å²) in [6, 6.07) is 0. The second kappa shape index (κ2) is 8.33. The molecule has 4 N–H and O–H groups in total. The first-order valence-corrected chi connectivity index (χ1v) is 14.6. The van der Waals surface area contributed by atoms with Gasteiger partial charge in [-0.15, -0.1) is 0 Å². The maximum absolute atomic E-state index is 13.1. The van der Waals surface area contributed by atoms with Crippen LogP contribution in [0.25, 0.3) is 0 Å². The molecule has 0 amide bonds. The average Bonchev–Trinajstić information content (AvgIpc) is 3.42. The maximum atomic E-state index is 13.1. The lowest BCUT2D eigenvalue weighted by Gasteiger charge is -2.65. The molecule has 0 radical (unpaired) electrons. The van der Waals surface area contributed by atoms with Crippen LogP contribution in [0.1, 0.15) is 71.6 Å². The van der Waals surface area contributed by atoms with E-state index in [9.17, 15) is 30.0 Å². The van der Waals surface area contributed by atoms with Crippen molar-refractivity contribution in [2.45, 2.75) is 119 Å². The molecule has 5 unspecified atom stereocenters. The Morgan fingerprint density at radius 2 is 1.79 bits per heavy atom. The molecule has 7 aliphatic rings. The van der Waals surface area contributed by atoms with E-state index >= 15 is 0 Å². The minimum Gasteiger partial charge on any atom is -0.458 e. The number of aliphatic hydroxyl groups is 4. The molecule has 0 aromatic carbocycles. The predicted octanol–water partition coefficient (Wildman–Crippen LogP) is 1.12. The van der Waals surface area contributed by atoms with E-state index in [1.54, 1.807) is 0 Å². The van der Waals surface area contributed by atoms with Crippen LogP contribution >= 0.6 is 0 Å². The normalized spacial score (nSPS) is 58.2. The van der Waals surface area contributed by atoms with E-state index in [0.29, 0.717) is 44.1 Å². The molecule has 0 aromatic rings. The van der Waals surface area contributed by atoms with Crippen LogP contribution < -0.4 is 0 Å². The topological polar surface area (TPSA) is 152 Å². The number of hydrogen-bond acceptors (Lipinski definition) is 10. The van der Waals surface area contributed by atoms with E-state index in [1.165, 1.54) is 6.08 Å². The second-order valence-electron chi connectivity index (χ2n) is 13.7. The highest BCUT2D eigenvalue weighted by Gasteiger charge is 2.74. The number of fused-ring (bicyclic) bond motifs is 7. The molecule has 39 heavy (non-hydrogen) atoms. The molecule has 2 saturated heterocycles. The predicted molar refractivity (Wildman–Crippen MR) is 133 cm³/mol. The number of aliphatic hydroxyl groups excluding tert-OH is 1. The van der Waals surface area contributed by atoms with Crippen molar-refractivity contribution in [1.29, 1.82) is 0 Å². The summed E-state index contributed by atoms with van der Waals surface area (Å²) in [6.07, 6.45) is 3.29.